The monoisotopic (exact) mass is 361 g/mol. The lowest BCUT2D eigenvalue weighted by Crippen LogP contribution is -2.18. The molecule has 0 saturated heterocycles. The van der Waals surface area contributed by atoms with Gasteiger partial charge < -0.3 is 14.8 Å². The average Bonchev–Trinajstić information content (AvgIpc) is 2.74. The minimum Gasteiger partial charge on any atom is -0.493 e. The van der Waals surface area contributed by atoms with E-state index in [1.165, 1.54) is 16.7 Å². The van der Waals surface area contributed by atoms with E-state index in [4.69, 9.17) is 9.47 Å². The summed E-state index contributed by atoms with van der Waals surface area (Å²) in [6, 6.07) is 27.2. The maximum Gasteiger partial charge on any atom is 0.161 e. The van der Waals surface area contributed by atoms with Crippen LogP contribution in [0.2, 0.25) is 0 Å². The second kappa shape index (κ2) is 9.79. The van der Waals surface area contributed by atoms with E-state index >= 15 is 0 Å². The van der Waals surface area contributed by atoms with Crippen molar-refractivity contribution in [1.82, 2.24) is 5.32 Å². The molecule has 0 heterocycles. The molecule has 0 aliphatic carbocycles. The third-order valence-corrected chi connectivity index (χ3v) is 4.63. The van der Waals surface area contributed by atoms with Crippen molar-refractivity contribution in [3.63, 3.8) is 0 Å². The molecule has 0 bridgehead atoms. The van der Waals surface area contributed by atoms with Crippen LogP contribution in [0.15, 0.2) is 78.9 Å². The zero-order chi connectivity index (χ0) is 18.9. The van der Waals surface area contributed by atoms with Gasteiger partial charge in [0, 0.05) is 19.0 Å². The lowest BCUT2D eigenvalue weighted by atomic mass is 10.1. The van der Waals surface area contributed by atoms with Crippen molar-refractivity contribution in [2.24, 2.45) is 0 Å². The third kappa shape index (κ3) is 5.60. The van der Waals surface area contributed by atoms with Gasteiger partial charge in [-0.2, -0.15) is 0 Å². The first-order chi connectivity index (χ1) is 13.3. The van der Waals surface area contributed by atoms with Crippen molar-refractivity contribution >= 4 is 0 Å². The molecule has 0 aliphatic rings. The molecular weight excluding hydrogens is 334 g/mol. The minimum absolute atomic E-state index is 0.291. The summed E-state index contributed by atoms with van der Waals surface area (Å²) in [5.41, 5.74) is 3.72. The molecule has 0 fully saturated rings. The zero-order valence-corrected chi connectivity index (χ0v) is 16.0. The highest BCUT2D eigenvalue weighted by atomic mass is 16.5. The van der Waals surface area contributed by atoms with E-state index in [0.29, 0.717) is 12.6 Å². The number of rotatable bonds is 9. The van der Waals surface area contributed by atoms with Crippen LogP contribution in [-0.4, -0.2) is 13.7 Å². The van der Waals surface area contributed by atoms with Crippen molar-refractivity contribution in [3.8, 4) is 11.5 Å². The molecule has 27 heavy (non-hydrogen) atoms. The Kier molecular flexibility index (Phi) is 6.89. The lowest BCUT2D eigenvalue weighted by molar-refractivity contribution is 0.297. The first-order valence-corrected chi connectivity index (χ1v) is 9.38. The first-order valence-electron chi connectivity index (χ1n) is 9.38. The van der Waals surface area contributed by atoms with Gasteiger partial charge in [0.15, 0.2) is 11.5 Å². The Bertz CT molecular complexity index is 818. The van der Waals surface area contributed by atoms with Crippen LogP contribution in [0.25, 0.3) is 0 Å². The van der Waals surface area contributed by atoms with Crippen LogP contribution in [0.3, 0.4) is 0 Å². The Hall–Kier alpha value is -2.78. The van der Waals surface area contributed by atoms with E-state index in [1.54, 1.807) is 7.11 Å². The normalized spacial score (nSPS) is 11.8. The van der Waals surface area contributed by atoms with Gasteiger partial charge in [0.25, 0.3) is 0 Å². The highest BCUT2D eigenvalue weighted by molar-refractivity contribution is 5.43. The van der Waals surface area contributed by atoms with Crippen LogP contribution in [0.4, 0.5) is 0 Å². The SMILES string of the molecule is COc1cc(CN[C@H](C)c2ccccc2)ccc1OCCc1ccccc1. The molecule has 1 atom stereocenters. The third-order valence-electron chi connectivity index (χ3n) is 4.63. The molecule has 0 radical (unpaired) electrons. The Labute approximate surface area is 162 Å². The Morgan fingerprint density at radius 3 is 2.22 bits per heavy atom. The van der Waals surface area contributed by atoms with E-state index in [0.717, 1.165) is 24.5 Å². The summed E-state index contributed by atoms with van der Waals surface area (Å²) >= 11 is 0. The molecule has 0 spiro atoms. The number of nitrogens with one attached hydrogen (secondary N) is 1. The van der Waals surface area contributed by atoms with Crippen molar-refractivity contribution in [3.05, 3.63) is 95.6 Å². The molecule has 0 aromatic heterocycles. The van der Waals surface area contributed by atoms with E-state index in [2.05, 4.69) is 54.7 Å². The highest BCUT2D eigenvalue weighted by Gasteiger charge is 2.08. The summed E-state index contributed by atoms with van der Waals surface area (Å²) in [6.07, 6.45) is 0.877. The number of hydrogen-bond acceptors (Lipinski definition) is 3. The number of hydrogen-bond donors (Lipinski definition) is 1. The average molecular weight is 361 g/mol. The summed E-state index contributed by atoms with van der Waals surface area (Å²) in [6.45, 7) is 3.58. The van der Waals surface area contributed by atoms with Gasteiger partial charge in [-0.25, -0.2) is 0 Å². The van der Waals surface area contributed by atoms with Gasteiger partial charge in [-0.3, -0.25) is 0 Å². The summed E-state index contributed by atoms with van der Waals surface area (Å²) < 4.78 is 11.5. The first kappa shape index (κ1) is 19.0. The predicted octanol–water partition coefficient (Wildman–Crippen LogP) is 5.17. The molecule has 3 aromatic carbocycles. The highest BCUT2D eigenvalue weighted by Crippen LogP contribution is 2.28. The van der Waals surface area contributed by atoms with E-state index in [1.807, 2.05) is 36.4 Å². The van der Waals surface area contributed by atoms with Gasteiger partial charge >= 0.3 is 0 Å². The maximum absolute atomic E-state index is 5.94. The van der Waals surface area contributed by atoms with Crippen LogP contribution < -0.4 is 14.8 Å². The zero-order valence-electron chi connectivity index (χ0n) is 16.0. The smallest absolute Gasteiger partial charge is 0.161 e. The van der Waals surface area contributed by atoms with E-state index in [-0.39, 0.29) is 0 Å². The standard InChI is InChI=1S/C24H27NO2/c1-19(22-11-7-4-8-12-22)25-18-21-13-14-23(24(17-21)26-2)27-16-15-20-9-5-3-6-10-20/h3-14,17,19,25H,15-16,18H2,1-2H3/t19-/m1/s1. The second-order valence-electron chi connectivity index (χ2n) is 6.58. The van der Waals surface area contributed by atoms with Gasteiger partial charge in [-0.15, -0.1) is 0 Å². The lowest BCUT2D eigenvalue weighted by Gasteiger charge is -2.16. The molecule has 0 unspecified atom stereocenters. The van der Waals surface area contributed by atoms with Gasteiger partial charge in [-0.1, -0.05) is 66.7 Å². The minimum atomic E-state index is 0.291. The predicted molar refractivity (Wildman–Crippen MR) is 110 cm³/mol. The van der Waals surface area contributed by atoms with Crippen molar-refractivity contribution in [2.75, 3.05) is 13.7 Å². The number of methoxy groups -OCH3 is 1. The van der Waals surface area contributed by atoms with Crippen molar-refractivity contribution in [2.45, 2.75) is 25.9 Å². The van der Waals surface area contributed by atoms with Gasteiger partial charge in [-0.05, 0) is 35.7 Å². The van der Waals surface area contributed by atoms with Crippen LogP contribution in [0, 0.1) is 0 Å². The maximum atomic E-state index is 5.94. The molecule has 140 valence electrons. The second-order valence-corrected chi connectivity index (χ2v) is 6.58. The van der Waals surface area contributed by atoms with Crippen LogP contribution >= 0.6 is 0 Å². The summed E-state index contributed by atoms with van der Waals surface area (Å²) in [5, 5.41) is 3.55. The molecular formula is C24H27NO2. The molecule has 0 saturated carbocycles. The largest absolute Gasteiger partial charge is 0.493 e. The van der Waals surface area contributed by atoms with Gasteiger partial charge in [0.2, 0.25) is 0 Å². The molecule has 3 nitrogen and oxygen atoms in total. The molecule has 1 N–H and O–H groups in total. The van der Waals surface area contributed by atoms with Crippen LogP contribution in [0.1, 0.15) is 29.7 Å². The molecule has 3 heteroatoms. The topological polar surface area (TPSA) is 30.5 Å². The molecule has 0 aliphatic heterocycles. The fourth-order valence-corrected chi connectivity index (χ4v) is 3.00. The van der Waals surface area contributed by atoms with E-state index in [9.17, 15) is 0 Å². The number of benzene rings is 3. The number of ether oxygens (including phenoxy) is 2. The molecule has 3 aromatic rings. The van der Waals surface area contributed by atoms with Gasteiger partial charge in [0.1, 0.15) is 0 Å². The Morgan fingerprint density at radius 1 is 0.815 bits per heavy atom. The Morgan fingerprint density at radius 2 is 1.52 bits per heavy atom. The summed E-state index contributed by atoms with van der Waals surface area (Å²) in [5.74, 6) is 1.56. The Balaban J connectivity index is 1.55. The fourth-order valence-electron chi connectivity index (χ4n) is 3.00. The fraction of sp³-hybridized carbons (Fsp3) is 0.250. The summed E-state index contributed by atoms with van der Waals surface area (Å²) in [7, 11) is 1.68. The quantitative estimate of drug-likeness (QED) is 0.570. The molecule has 3 rings (SSSR count). The van der Waals surface area contributed by atoms with Crippen molar-refractivity contribution in [1.29, 1.82) is 0 Å². The van der Waals surface area contributed by atoms with Gasteiger partial charge in [0.05, 0.1) is 13.7 Å². The van der Waals surface area contributed by atoms with E-state index < -0.39 is 0 Å². The van der Waals surface area contributed by atoms with Crippen molar-refractivity contribution < 1.29 is 9.47 Å². The van der Waals surface area contributed by atoms with Crippen LogP contribution in [0.5, 0.6) is 11.5 Å². The molecule has 0 amide bonds. The summed E-state index contributed by atoms with van der Waals surface area (Å²) in [4.78, 5) is 0. The van der Waals surface area contributed by atoms with Crippen LogP contribution in [-0.2, 0) is 13.0 Å².